The van der Waals surface area contributed by atoms with Crippen LogP contribution in [-0.2, 0) is 6.54 Å². The van der Waals surface area contributed by atoms with E-state index in [1.807, 2.05) is 11.5 Å². The Kier molecular flexibility index (Phi) is 4.12. The molecule has 2 N–H and O–H groups in total. The summed E-state index contributed by atoms with van der Waals surface area (Å²) in [6.07, 6.45) is 3.05. The summed E-state index contributed by atoms with van der Waals surface area (Å²) < 4.78 is 1.84. The average molecular weight is 332 g/mol. The molecule has 1 atom stereocenters. The number of carboxylic acid groups (broad SMARTS) is 1. The third-order valence-corrected chi connectivity index (χ3v) is 3.40. The lowest BCUT2D eigenvalue weighted by atomic mass is 10.2. The highest BCUT2D eigenvalue weighted by Gasteiger charge is 2.14. The fourth-order valence-corrected chi connectivity index (χ4v) is 2.43. The number of halogens is 1. The number of benzene rings is 1. The van der Waals surface area contributed by atoms with Crippen LogP contribution < -0.4 is 5.32 Å². The highest BCUT2D eigenvalue weighted by molar-refractivity contribution is 6.20. The van der Waals surface area contributed by atoms with Crippen LogP contribution in [0.5, 0.6) is 0 Å². The summed E-state index contributed by atoms with van der Waals surface area (Å²) in [4.78, 5) is 24.0. The maximum Gasteiger partial charge on any atom is 0.337 e. The summed E-state index contributed by atoms with van der Waals surface area (Å²) >= 11 is 6.02. The van der Waals surface area contributed by atoms with E-state index in [0.717, 1.165) is 0 Å². The second-order valence-corrected chi connectivity index (χ2v) is 5.79. The number of fused-ring (bicyclic) bond motifs is 1. The number of imidazole rings is 1. The molecule has 0 aliphatic heterocycles. The van der Waals surface area contributed by atoms with Crippen molar-refractivity contribution in [3.63, 3.8) is 0 Å². The number of aromatic nitrogens is 4. The van der Waals surface area contributed by atoms with Gasteiger partial charge in [0.1, 0.15) is 6.33 Å². The standard InChI is InChI=1S/C15H14ClN5O2/c1-9(16)6-21-8-19-12-13(17-7-18-14(12)21)20-11-5-3-2-4-10(11)15(22)23/h2-5,7-9H,6H2,1H3,(H,22,23)(H,17,18,20)/t9-/m0/s1. The molecule has 8 heteroatoms. The molecule has 3 aromatic rings. The molecule has 0 spiro atoms. The lowest BCUT2D eigenvalue weighted by Gasteiger charge is -2.09. The molecule has 7 nitrogen and oxygen atoms in total. The van der Waals surface area contributed by atoms with E-state index in [9.17, 15) is 9.90 Å². The van der Waals surface area contributed by atoms with Crippen LogP contribution in [0.3, 0.4) is 0 Å². The molecule has 0 fully saturated rings. The number of carbonyl (C=O) groups is 1. The Bertz CT molecular complexity index is 862. The van der Waals surface area contributed by atoms with Crippen molar-refractivity contribution in [1.29, 1.82) is 0 Å². The summed E-state index contributed by atoms with van der Waals surface area (Å²) in [6.45, 7) is 2.46. The van der Waals surface area contributed by atoms with Crippen LogP contribution >= 0.6 is 11.6 Å². The molecular formula is C15H14ClN5O2. The minimum absolute atomic E-state index is 0.0634. The van der Waals surface area contributed by atoms with E-state index in [-0.39, 0.29) is 10.9 Å². The van der Waals surface area contributed by atoms with E-state index in [1.54, 1.807) is 24.5 Å². The van der Waals surface area contributed by atoms with Crippen LogP contribution in [0.15, 0.2) is 36.9 Å². The summed E-state index contributed by atoms with van der Waals surface area (Å²) in [6, 6.07) is 6.62. The minimum atomic E-state index is -1.01. The van der Waals surface area contributed by atoms with E-state index in [4.69, 9.17) is 11.6 Å². The Morgan fingerprint density at radius 3 is 2.87 bits per heavy atom. The van der Waals surface area contributed by atoms with Gasteiger partial charge in [-0.3, -0.25) is 0 Å². The van der Waals surface area contributed by atoms with Crippen molar-refractivity contribution in [2.45, 2.75) is 18.8 Å². The van der Waals surface area contributed by atoms with Gasteiger partial charge in [0, 0.05) is 11.9 Å². The minimum Gasteiger partial charge on any atom is -0.478 e. The van der Waals surface area contributed by atoms with Gasteiger partial charge in [-0.2, -0.15) is 0 Å². The van der Waals surface area contributed by atoms with Gasteiger partial charge in [-0.05, 0) is 19.1 Å². The van der Waals surface area contributed by atoms with Gasteiger partial charge in [0.15, 0.2) is 17.0 Å². The molecule has 0 aliphatic carbocycles. The normalized spacial score (nSPS) is 12.3. The third-order valence-electron chi connectivity index (χ3n) is 3.26. The summed E-state index contributed by atoms with van der Waals surface area (Å²) in [5.41, 5.74) is 1.81. The summed E-state index contributed by atoms with van der Waals surface area (Å²) in [7, 11) is 0. The zero-order chi connectivity index (χ0) is 16.4. The van der Waals surface area contributed by atoms with Crippen molar-refractivity contribution in [3.05, 3.63) is 42.5 Å². The van der Waals surface area contributed by atoms with E-state index < -0.39 is 5.97 Å². The SMILES string of the molecule is C[C@H](Cl)Cn1cnc2c(Nc3ccccc3C(=O)O)ncnc21. The zero-order valence-corrected chi connectivity index (χ0v) is 13.0. The summed E-state index contributed by atoms with van der Waals surface area (Å²) in [5.74, 6) is -0.565. The molecular weight excluding hydrogens is 318 g/mol. The van der Waals surface area contributed by atoms with Crippen molar-refractivity contribution in [2.75, 3.05) is 5.32 Å². The topological polar surface area (TPSA) is 92.9 Å². The van der Waals surface area contributed by atoms with Crippen molar-refractivity contribution in [3.8, 4) is 0 Å². The number of hydrogen-bond donors (Lipinski definition) is 2. The number of anilines is 2. The second-order valence-electron chi connectivity index (χ2n) is 5.05. The highest BCUT2D eigenvalue weighted by atomic mass is 35.5. The van der Waals surface area contributed by atoms with Crippen LogP contribution in [0.1, 0.15) is 17.3 Å². The van der Waals surface area contributed by atoms with Crippen LogP contribution in [0, 0.1) is 0 Å². The van der Waals surface area contributed by atoms with E-state index in [2.05, 4.69) is 20.3 Å². The quantitative estimate of drug-likeness (QED) is 0.698. The van der Waals surface area contributed by atoms with Gasteiger partial charge in [0.2, 0.25) is 0 Å². The van der Waals surface area contributed by atoms with Crippen LogP contribution in [0.25, 0.3) is 11.2 Å². The molecule has 2 heterocycles. The lowest BCUT2D eigenvalue weighted by molar-refractivity contribution is 0.0698. The molecule has 23 heavy (non-hydrogen) atoms. The number of alkyl halides is 1. The van der Waals surface area contributed by atoms with Gasteiger partial charge in [0.05, 0.1) is 17.6 Å². The molecule has 1 aromatic carbocycles. The number of para-hydroxylation sites is 1. The fraction of sp³-hybridized carbons (Fsp3) is 0.200. The van der Waals surface area contributed by atoms with Crippen molar-refractivity contribution >= 4 is 40.2 Å². The van der Waals surface area contributed by atoms with E-state index >= 15 is 0 Å². The Morgan fingerprint density at radius 2 is 2.13 bits per heavy atom. The number of nitrogens with one attached hydrogen (secondary N) is 1. The Labute approximate surface area is 137 Å². The number of rotatable bonds is 5. The Hall–Kier alpha value is -2.67. The first-order valence-corrected chi connectivity index (χ1v) is 7.39. The maximum absolute atomic E-state index is 11.3. The van der Waals surface area contributed by atoms with Gasteiger partial charge in [-0.1, -0.05) is 12.1 Å². The van der Waals surface area contributed by atoms with Crippen molar-refractivity contribution in [1.82, 2.24) is 19.5 Å². The van der Waals surface area contributed by atoms with Gasteiger partial charge < -0.3 is 15.0 Å². The Balaban J connectivity index is 2.01. The van der Waals surface area contributed by atoms with Crippen LogP contribution in [-0.4, -0.2) is 36.0 Å². The monoisotopic (exact) mass is 331 g/mol. The molecule has 0 amide bonds. The third kappa shape index (κ3) is 3.09. The van der Waals surface area contributed by atoms with Gasteiger partial charge in [0.25, 0.3) is 0 Å². The predicted molar refractivity (Wildman–Crippen MR) is 87.3 cm³/mol. The molecule has 0 saturated heterocycles. The molecule has 2 aromatic heterocycles. The first kappa shape index (κ1) is 15.2. The first-order valence-electron chi connectivity index (χ1n) is 6.95. The number of nitrogens with zero attached hydrogens (tertiary/aromatic N) is 4. The lowest BCUT2D eigenvalue weighted by Crippen LogP contribution is -2.07. The Morgan fingerprint density at radius 1 is 1.35 bits per heavy atom. The molecule has 0 radical (unpaired) electrons. The van der Waals surface area contributed by atoms with Crippen LogP contribution in [0.2, 0.25) is 0 Å². The zero-order valence-electron chi connectivity index (χ0n) is 12.3. The molecule has 0 bridgehead atoms. The smallest absolute Gasteiger partial charge is 0.337 e. The number of aromatic carboxylic acids is 1. The van der Waals surface area contributed by atoms with Gasteiger partial charge in [-0.15, -0.1) is 11.6 Å². The molecule has 118 valence electrons. The number of carboxylic acids is 1. The fourth-order valence-electron chi connectivity index (χ4n) is 2.28. The number of hydrogen-bond acceptors (Lipinski definition) is 5. The highest BCUT2D eigenvalue weighted by Crippen LogP contribution is 2.24. The van der Waals surface area contributed by atoms with Gasteiger partial charge >= 0.3 is 5.97 Å². The first-order chi connectivity index (χ1) is 11.1. The maximum atomic E-state index is 11.3. The largest absolute Gasteiger partial charge is 0.478 e. The van der Waals surface area contributed by atoms with E-state index in [0.29, 0.717) is 29.2 Å². The molecule has 0 aliphatic rings. The van der Waals surface area contributed by atoms with Crippen LogP contribution in [0.4, 0.5) is 11.5 Å². The summed E-state index contributed by atoms with van der Waals surface area (Å²) in [5, 5.41) is 12.2. The predicted octanol–water partition coefficient (Wildman–Crippen LogP) is 2.90. The molecule has 0 saturated carbocycles. The molecule has 0 unspecified atom stereocenters. The van der Waals surface area contributed by atoms with Crippen molar-refractivity contribution < 1.29 is 9.90 Å². The molecule has 3 rings (SSSR count). The van der Waals surface area contributed by atoms with E-state index in [1.165, 1.54) is 12.4 Å². The van der Waals surface area contributed by atoms with Gasteiger partial charge in [-0.25, -0.2) is 19.7 Å². The second kappa shape index (κ2) is 6.21. The average Bonchev–Trinajstić information content (AvgIpc) is 2.91. The van der Waals surface area contributed by atoms with Crippen molar-refractivity contribution in [2.24, 2.45) is 0 Å².